The van der Waals surface area contributed by atoms with E-state index in [1.165, 1.54) is 0 Å². The molecule has 0 fully saturated rings. The van der Waals surface area contributed by atoms with Crippen molar-refractivity contribution in [2.45, 2.75) is 25.1 Å². The average Bonchev–Trinajstić information content (AvgIpc) is 2.92. The first-order chi connectivity index (χ1) is 10.9. The molecular weight excluding hydrogens is 303 g/mol. The van der Waals surface area contributed by atoms with E-state index in [0.717, 1.165) is 5.56 Å². The number of hydrogen-bond donors (Lipinski definition) is 0. The highest BCUT2D eigenvalue weighted by atomic mass is 19.4. The molecule has 0 N–H and O–H groups in total. The Labute approximate surface area is 132 Å². The number of benzene rings is 2. The van der Waals surface area contributed by atoms with Crippen LogP contribution in [0.2, 0.25) is 0 Å². The molecule has 2 aromatic carbocycles. The largest absolute Gasteiger partial charge is 0.464 e. The van der Waals surface area contributed by atoms with E-state index in [-0.39, 0.29) is 12.4 Å². The predicted molar refractivity (Wildman–Crippen MR) is 82.5 cm³/mol. The topological polar surface area (TPSA) is 21.6 Å². The van der Waals surface area contributed by atoms with Crippen molar-refractivity contribution in [1.82, 2.24) is 0 Å². The summed E-state index contributed by atoms with van der Waals surface area (Å²) < 4.78 is 45.1. The summed E-state index contributed by atoms with van der Waals surface area (Å²) in [6.45, 7) is 1.85. The number of alkyl halides is 3. The molecule has 2 nitrogen and oxygen atoms in total. The molecule has 1 atom stereocenters. The van der Waals surface area contributed by atoms with Gasteiger partial charge >= 0.3 is 6.18 Å². The first-order valence-electron chi connectivity index (χ1n) is 7.31. The molecule has 0 aliphatic carbocycles. The molecule has 0 spiro atoms. The molecular formula is C18H16F3NO. The van der Waals surface area contributed by atoms with E-state index in [9.17, 15) is 13.2 Å². The number of nitrogens with zero attached hydrogens (tertiary/aromatic N) is 1. The lowest BCUT2D eigenvalue weighted by Crippen LogP contribution is -2.36. The van der Waals surface area contributed by atoms with Gasteiger partial charge in [-0.3, -0.25) is 0 Å². The number of hydrogen-bond acceptors (Lipinski definition) is 2. The monoisotopic (exact) mass is 319 g/mol. The van der Waals surface area contributed by atoms with Crippen molar-refractivity contribution in [2.75, 3.05) is 6.54 Å². The van der Waals surface area contributed by atoms with Crippen molar-refractivity contribution < 1.29 is 17.9 Å². The number of aryl methyl sites for hydroxylation is 1. The van der Waals surface area contributed by atoms with Gasteiger partial charge < -0.3 is 4.74 Å². The first-order valence-corrected chi connectivity index (χ1v) is 7.31. The molecule has 0 saturated heterocycles. The maximum atomic E-state index is 13.1. The molecule has 0 radical (unpaired) electrons. The predicted octanol–water partition coefficient (Wildman–Crippen LogP) is 4.62. The Bertz CT molecular complexity index is 707. The second-order valence-corrected chi connectivity index (χ2v) is 5.74. The SMILES string of the molecule is Cc1ccc(C2(CC(F)(F)F)CN=C(c3ccccc3)O2)cc1. The van der Waals surface area contributed by atoms with Crippen LogP contribution in [0.1, 0.15) is 23.1 Å². The molecule has 3 rings (SSSR count). The highest BCUT2D eigenvalue weighted by Crippen LogP contribution is 2.41. The summed E-state index contributed by atoms with van der Waals surface area (Å²) in [7, 11) is 0. The Balaban J connectivity index is 1.95. The van der Waals surface area contributed by atoms with Gasteiger partial charge in [0, 0.05) is 5.56 Å². The Morgan fingerprint density at radius 3 is 2.30 bits per heavy atom. The van der Waals surface area contributed by atoms with E-state index in [2.05, 4.69) is 4.99 Å². The standard InChI is InChI=1S/C18H16F3NO/c1-13-7-9-15(10-8-13)17(11-18(19,20)21)12-22-16(23-17)14-5-3-2-4-6-14/h2-10H,11-12H2,1H3. The van der Waals surface area contributed by atoms with Gasteiger partial charge in [0.15, 0.2) is 5.60 Å². The van der Waals surface area contributed by atoms with E-state index in [1.807, 2.05) is 13.0 Å². The fraction of sp³-hybridized carbons (Fsp3) is 0.278. The van der Waals surface area contributed by atoms with Crippen molar-refractivity contribution in [3.63, 3.8) is 0 Å². The molecule has 23 heavy (non-hydrogen) atoms. The Hall–Kier alpha value is -2.30. The van der Waals surface area contributed by atoms with Gasteiger partial charge in [0.05, 0.1) is 13.0 Å². The number of halogens is 3. The average molecular weight is 319 g/mol. The molecule has 0 bridgehead atoms. The number of ether oxygens (including phenoxy) is 1. The quantitative estimate of drug-likeness (QED) is 0.809. The molecule has 1 aliphatic heterocycles. The van der Waals surface area contributed by atoms with Crippen LogP contribution in [0.3, 0.4) is 0 Å². The van der Waals surface area contributed by atoms with Crippen LogP contribution in [0.25, 0.3) is 0 Å². The van der Waals surface area contributed by atoms with Crippen molar-refractivity contribution >= 4 is 5.90 Å². The normalized spacial score (nSPS) is 21.0. The summed E-state index contributed by atoms with van der Waals surface area (Å²) in [6.07, 6.45) is -5.41. The van der Waals surface area contributed by atoms with Gasteiger partial charge in [-0.05, 0) is 24.6 Å². The molecule has 0 saturated carbocycles. The molecule has 0 aromatic heterocycles. The Kier molecular flexibility index (Phi) is 3.88. The lowest BCUT2D eigenvalue weighted by molar-refractivity contribution is -0.170. The highest BCUT2D eigenvalue weighted by molar-refractivity contribution is 5.95. The summed E-state index contributed by atoms with van der Waals surface area (Å²) >= 11 is 0. The van der Waals surface area contributed by atoms with Crippen LogP contribution in [0, 0.1) is 6.92 Å². The van der Waals surface area contributed by atoms with Gasteiger partial charge in [0.1, 0.15) is 0 Å². The molecule has 5 heteroatoms. The van der Waals surface area contributed by atoms with Crippen LogP contribution in [0.15, 0.2) is 59.6 Å². The van der Waals surface area contributed by atoms with Crippen LogP contribution >= 0.6 is 0 Å². The van der Waals surface area contributed by atoms with Crippen LogP contribution in [-0.4, -0.2) is 18.6 Å². The lowest BCUT2D eigenvalue weighted by atomic mass is 9.89. The van der Waals surface area contributed by atoms with Gasteiger partial charge in [-0.15, -0.1) is 0 Å². The highest BCUT2D eigenvalue weighted by Gasteiger charge is 2.48. The zero-order valence-corrected chi connectivity index (χ0v) is 12.6. The summed E-state index contributed by atoms with van der Waals surface area (Å²) in [5.74, 6) is 0.260. The van der Waals surface area contributed by atoms with E-state index in [4.69, 9.17) is 4.74 Å². The van der Waals surface area contributed by atoms with Gasteiger partial charge in [-0.25, -0.2) is 4.99 Å². The molecule has 2 aromatic rings. The molecule has 120 valence electrons. The summed E-state index contributed by atoms with van der Waals surface area (Å²) in [6, 6.07) is 15.9. The molecule has 0 amide bonds. The van der Waals surface area contributed by atoms with Gasteiger partial charge in [-0.2, -0.15) is 13.2 Å². The third-order valence-corrected chi connectivity index (χ3v) is 3.85. The van der Waals surface area contributed by atoms with Crippen LogP contribution in [-0.2, 0) is 10.3 Å². The van der Waals surface area contributed by atoms with Crippen molar-refractivity contribution in [1.29, 1.82) is 0 Å². The van der Waals surface area contributed by atoms with Crippen LogP contribution < -0.4 is 0 Å². The maximum absolute atomic E-state index is 13.1. The second-order valence-electron chi connectivity index (χ2n) is 5.74. The first kappa shape index (κ1) is 15.6. The summed E-state index contributed by atoms with van der Waals surface area (Å²) in [4.78, 5) is 4.24. The second kappa shape index (κ2) is 5.72. The fourth-order valence-electron chi connectivity index (χ4n) is 2.71. The number of rotatable bonds is 3. The van der Waals surface area contributed by atoms with E-state index < -0.39 is 18.2 Å². The van der Waals surface area contributed by atoms with Gasteiger partial charge in [-0.1, -0.05) is 48.0 Å². The van der Waals surface area contributed by atoms with Crippen molar-refractivity contribution in [2.24, 2.45) is 4.99 Å². The molecule has 1 aliphatic rings. The minimum Gasteiger partial charge on any atom is -0.464 e. The summed E-state index contributed by atoms with van der Waals surface area (Å²) in [5.41, 5.74) is 0.675. The van der Waals surface area contributed by atoms with Crippen LogP contribution in [0.5, 0.6) is 0 Å². The lowest BCUT2D eigenvalue weighted by Gasteiger charge is -2.30. The minimum atomic E-state index is -4.34. The zero-order chi connectivity index (χ0) is 16.5. The minimum absolute atomic E-state index is 0.0419. The van der Waals surface area contributed by atoms with Crippen molar-refractivity contribution in [3.8, 4) is 0 Å². The molecule has 1 unspecified atom stereocenters. The summed E-state index contributed by atoms with van der Waals surface area (Å²) in [5, 5.41) is 0. The third kappa shape index (κ3) is 3.38. The maximum Gasteiger partial charge on any atom is 0.393 e. The van der Waals surface area contributed by atoms with Gasteiger partial charge in [0.2, 0.25) is 5.90 Å². The Morgan fingerprint density at radius 1 is 1.04 bits per heavy atom. The third-order valence-electron chi connectivity index (χ3n) is 3.85. The van der Waals surface area contributed by atoms with Gasteiger partial charge in [0.25, 0.3) is 0 Å². The smallest absolute Gasteiger partial charge is 0.393 e. The van der Waals surface area contributed by atoms with Crippen molar-refractivity contribution in [3.05, 3.63) is 71.3 Å². The fourth-order valence-corrected chi connectivity index (χ4v) is 2.71. The van der Waals surface area contributed by atoms with E-state index in [0.29, 0.717) is 11.1 Å². The van der Waals surface area contributed by atoms with E-state index in [1.54, 1.807) is 48.5 Å². The molecule has 1 heterocycles. The van der Waals surface area contributed by atoms with E-state index >= 15 is 0 Å². The van der Waals surface area contributed by atoms with Crippen LogP contribution in [0.4, 0.5) is 13.2 Å². The Morgan fingerprint density at radius 2 is 1.70 bits per heavy atom. The zero-order valence-electron chi connectivity index (χ0n) is 12.6. The number of aliphatic imine (C=N–C) groups is 1.